The zero-order valence-electron chi connectivity index (χ0n) is 12.3. The Morgan fingerprint density at radius 1 is 1.35 bits per heavy atom. The highest BCUT2D eigenvalue weighted by Crippen LogP contribution is 2.36. The molecular formula is C16H25BrN2S. The van der Waals surface area contributed by atoms with Gasteiger partial charge in [-0.2, -0.15) is 0 Å². The lowest BCUT2D eigenvalue weighted by atomic mass is 9.81. The molecule has 2 aliphatic rings. The molecule has 2 unspecified atom stereocenters. The molecule has 20 heavy (non-hydrogen) atoms. The van der Waals surface area contributed by atoms with Crippen molar-refractivity contribution in [3.63, 3.8) is 0 Å². The van der Waals surface area contributed by atoms with Crippen molar-refractivity contribution in [2.24, 2.45) is 0 Å². The van der Waals surface area contributed by atoms with Gasteiger partial charge in [0.2, 0.25) is 0 Å². The topological polar surface area (TPSA) is 15.3 Å². The van der Waals surface area contributed by atoms with Gasteiger partial charge in [-0.05, 0) is 60.6 Å². The number of hydrogen-bond donors (Lipinski definition) is 1. The van der Waals surface area contributed by atoms with Gasteiger partial charge < -0.3 is 5.32 Å². The van der Waals surface area contributed by atoms with Crippen molar-refractivity contribution in [3.05, 3.63) is 20.8 Å². The fourth-order valence-corrected chi connectivity index (χ4v) is 5.33. The van der Waals surface area contributed by atoms with Crippen LogP contribution in [0.4, 0.5) is 0 Å². The molecule has 0 aliphatic carbocycles. The Hall–Kier alpha value is 0.1000. The molecule has 2 atom stereocenters. The molecule has 1 aromatic heterocycles. The van der Waals surface area contributed by atoms with Crippen LogP contribution in [-0.2, 0) is 6.54 Å². The minimum atomic E-state index is 0.761. The molecule has 0 saturated carbocycles. The third-order valence-corrected chi connectivity index (χ3v) is 6.45. The van der Waals surface area contributed by atoms with E-state index in [1.165, 1.54) is 54.4 Å². The average molecular weight is 357 g/mol. The van der Waals surface area contributed by atoms with Crippen molar-refractivity contribution in [1.29, 1.82) is 0 Å². The first-order valence-electron chi connectivity index (χ1n) is 7.98. The highest BCUT2D eigenvalue weighted by molar-refractivity contribution is 9.10. The number of halogens is 1. The van der Waals surface area contributed by atoms with Gasteiger partial charge in [0.15, 0.2) is 0 Å². The summed E-state index contributed by atoms with van der Waals surface area (Å²) in [5.41, 5.74) is 0. The molecule has 1 N–H and O–H groups in total. The van der Waals surface area contributed by atoms with Crippen molar-refractivity contribution in [3.8, 4) is 0 Å². The van der Waals surface area contributed by atoms with E-state index in [1.807, 2.05) is 11.3 Å². The Labute approximate surface area is 135 Å². The number of nitrogens with zero attached hydrogens (tertiary/aromatic N) is 1. The van der Waals surface area contributed by atoms with Crippen LogP contribution in [0.2, 0.25) is 0 Å². The summed E-state index contributed by atoms with van der Waals surface area (Å²) in [5.74, 6) is 0. The van der Waals surface area contributed by atoms with Crippen LogP contribution in [0.15, 0.2) is 15.9 Å². The maximum atomic E-state index is 3.76. The second kappa shape index (κ2) is 6.91. The number of thiophene rings is 1. The molecule has 3 rings (SSSR count). The molecule has 1 aromatic rings. The monoisotopic (exact) mass is 356 g/mol. The first-order valence-corrected chi connectivity index (χ1v) is 9.65. The zero-order valence-corrected chi connectivity index (χ0v) is 14.7. The van der Waals surface area contributed by atoms with E-state index in [0.29, 0.717) is 0 Å². The van der Waals surface area contributed by atoms with Gasteiger partial charge in [0, 0.05) is 39.4 Å². The molecule has 0 amide bonds. The molecule has 0 radical (unpaired) electrons. The SMILES string of the molecule is CCCNC1CC2CCCC(C1)N2Cc1cc(Br)cs1. The predicted molar refractivity (Wildman–Crippen MR) is 90.3 cm³/mol. The average Bonchev–Trinajstić information content (AvgIpc) is 2.82. The predicted octanol–water partition coefficient (Wildman–Crippen LogP) is 4.40. The van der Waals surface area contributed by atoms with E-state index in [2.05, 4.69) is 44.5 Å². The van der Waals surface area contributed by atoms with Gasteiger partial charge in [0.25, 0.3) is 0 Å². The van der Waals surface area contributed by atoms with Crippen molar-refractivity contribution < 1.29 is 0 Å². The zero-order chi connectivity index (χ0) is 13.9. The lowest BCUT2D eigenvalue weighted by molar-refractivity contribution is 0.0185. The molecule has 2 nitrogen and oxygen atoms in total. The van der Waals surface area contributed by atoms with E-state index < -0.39 is 0 Å². The normalized spacial score (nSPS) is 30.6. The van der Waals surface area contributed by atoms with E-state index in [0.717, 1.165) is 24.7 Å². The molecule has 2 fully saturated rings. The largest absolute Gasteiger partial charge is 0.314 e. The van der Waals surface area contributed by atoms with Crippen molar-refractivity contribution in [1.82, 2.24) is 10.2 Å². The Morgan fingerprint density at radius 2 is 2.10 bits per heavy atom. The van der Waals surface area contributed by atoms with Crippen LogP contribution in [0.25, 0.3) is 0 Å². The molecule has 0 aromatic carbocycles. The fourth-order valence-electron chi connectivity index (χ4n) is 3.87. The highest BCUT2D eigenvalue weighted by atomic mass is 79.9. The van der Waals surface area contributed by atoms with Gasteiger partial charge in [-0.15, -0.1) is 11.3 Å². The summed E-state index contributed by atoms with van der Waals surface area (Å²) in [4.78, 5) is 4.31. The quantitative estimate of drug-likeness (QED) is 0.841. The van der Waals surface area contributed by atoms with Crippen LogP contribution in [0.3, 0.4) is 0 Å². The number of hydrogen-bond acceptors (Lipinski definition) is 3. The van der Waals surface area contributed by atoms with Gasteiger partial charge in [-0.25, -0.2) is 0 Å². The first kappa shape index (κ1) is 15.0. The summed E-state index contributed by atoms with van der Waals surface area (Å²) < 4.78 is 1.24. The van der Waals surface area contributed by atoms with Crippen LogP contribution >= 0.6 is 27.3 Å². The van der Waals surface area contributed by atoms with E-state index in [-0.39, 0.29) is 0 Å². The van der Waals surface area contributed by atoms with Crippen LogP contribution < -0.4 is 5.32 Å². The van der Waals surface area contributed by atoms with Crippen LogP contribution in [-0.4, -0.2) is 29.6 Å². The summed E-state index contributed by atoms with van der Waals surface area (Å²) >= 11 is 5.47. The molecule has 2 saturated heterocycles. The maximum absolute atomic E-state index is 3.76. The molecule has 112 valence electrons. The van der Waals surface area contributed by atoms with Crippen molar-refractivity contribution in [2.45, 2.75) is 70.1 Å². The lowest BCUT2D eigenvalue weighted by Gasteiger charge is -2.49. The van der Waals surface area contributed by atoms with Gasteiger partial charge in [0.05, 0.1) is 0 Å². The molecule has 0 spiro atoms. The second-order valence-electron chi connectivity index (χ2n) is 6.26. The summed E-state index contributed by atoms with van der Waals surface area (Å²) in [6, 6.07) is 4.66. The second-order valence-corrected chi connectivity index (χ2v) is 8.18. The third-order valence-electron chi connectivity index (χ3n) is 4.77. The minimum Gasteiger partial charge on any atom is -0.314 e. The van der Waals surface area contributed by atoms with Gasteiger partial charge in [-0.1, -0.05) is 13.3 Å². The molecule has 4 heteroatoms. The third kappa shape index (κ3) is 3.46. The smallest absolute Gasteiger partial charge is 0.0334 e. The number of rotatable bonds is 5. The van der Waals surface area contributed by atoms with Gasteiger partial charge >= 0.3 is 0 Å². The Bertz CT molecular complexity index is 420. The highest BCUT2D eigenvalue weighted by Gasteiger charge is 2.37. The number of fused-ring (bicyclic) bond motifs is 2. The van der Waals surface area contributed by atoms with E-state index in [4.69, 9.17) is 0 Å². The summed E-state index contributed by atoms with van der Waals surface area (Å²) in [5, 5.41) is 5.97. The molecule has 2 bridgehead atoms. The summed E-state index contributed by atoms with van der Waals surface area (Å²) in [6.45, 7) is 4.60. The molecular weight excluding hydrogens is 332 g/mol. The van der Waals surface area contributed by atoms with Crippen LogP contribution in [0.5, 0.6) is 0 Å². The maximum Gasteiger partial charge on any atom is 0.0334 e. The Morgan fingerprint density at radius 3 is 2.70 bits per heavy atom. The van der Waals surface area contributed by atoms with Gasteiger partial charge in [-0.3, -0.25) is 4.90 Å². The van der Waals surface area contributed by atoms with Gasteiger partial charge in [0.1, 0.15) is 0 Å². The van der Waals surface area contributed by atoms with Crippen LogP contribution in [0, 0.1) is 0 Å². The molecule has 3 heterocycles. The molecule has 2 aliphatic heterocycles. The van der Waals surface area contributed by atoms with Crippen LogP contribution in [0.1, 0.15) is 50.3 Å². The van der Waals surface area contributed by atoms with Crippen molar-refractivity contribution >= 4 is 27.3 Å². The van der Waals surface area contributed by atoms with E-state index in [1.54, 1.807) is 0 Å². The number of piperidine rings is 2. The first-order chi connectivity index (χ1) is 9.76. The standard InChI is InChI=1S/C16H25BrN2S/c1-2-6-18-13-8-14-4-3-5-15(9-13)19(14)10-16-7-12(17)11-20-16/h7,11,13-15,18H,2-6,8-10H2,1H3. The fraction of sp³-hybridized carbons (Fsp3) is 0.750. The lowest BCUT2D eigenvalue weighted by Crippen LogP contribution is -2.55. The van der Waals surface area contributed by atoms with E-state index in [9.17, 15) is 0 Å². The minimum absolute atomic E-state index is 0.761. The summed E-state index contributed by atoms with van der Waals surface area (Å²) in [6.07, 6.45) is 8.17. The Kier molecular flexibility index (Phi) is 5.18. The summed E-state index contributed by atoms with van der Waals surface area (Å²) in [7, 11) is 0. The van der Waals surface area contributed by atoms with Crippen molar-refractivity contribution in [2.75, 3.05) is 6.54 Å². The number of nitrogens with one attached hydrogen (secondary N) is 1. The Balaban J connectivity index is 1.64. The van der Waals surface area contributed by atoms with E-state index >= 15 is 0 Å².